The van der Waals surface area contributed by atoms with Gasteiger partial charge in [-0.15, -0.1) is 0 Å². The number of hydrogen-bond donors (Lipinski definition) is 0. The van der Waals surface area contributed by atoms with Crippen LogP contribution in [0.25, 0.3) is 0 Å². The molecule has 6 nitrogen and oxygen atoms in total. The zero-order valence-corrected chi connectivity index (χ0v) is 14.7. The molecule has 2 aliphatic rings. The monoisotopic (exact) mass is 327 g/mol. The Morgan fingerprint density at radius 3 is 2.48 bits per heavy atom. The number of nitrogens with zero attached hydrogens (tertiary/aromatic N) is 1. The number of carbonyl (C=O) groups excluding carboxylic acids is 2. The van der Waals surface area contributed by atoms with Crippen molar-refractivity contribution in [2.24, 2.45) is 5.92 Å². The summed E-state index contributed by atoms with van der Waals surface area (Å²) in [5, 5.41) is 0. The van der Waals surface area contributed by atoms with Gasteiger partial charge in [0, 0.05) is 26.1 Å². The number of rotatable bonds is 2. The molecule has 0 bridgehead atoms. The average Bonchev–Trinajstić information content (AvgIpc) is 2.46. The number of carbonyl (C=O) groups is 2. The van der Waals surface area contributed by atoms with Crippen LogP contribution in [0.1, 0.15) is 52.9 Å². The molecule has 1 spiro atoms. The second kappa shape index (κ2) is 7.07. The first kappa shape index (κ1) is 18.0. The normalized spacial score (nSPS) is 24.3. The number of ether oxygens (including phenoxy) is 3. The Morgan fingerprint density at radius 1 is 1.26 bits per heavy atom. The maximum Gasteiger partial charge on any atom is 0.410 e. The first-order valence-corrected chi connectivity index (χ1v) is 8.42. The van der Waals surface area contributed by atoms with Gasteiger partial charge in [0.2, 0.25) is 0 Å². The number of amides is 1. The van der Waals surface area contributed by atoms with Crippen LogP contribution in [0.4, 0.5) is 4.79 Å². The van der Waals surface area contributed by atoms with E-state index in [9.17, 15) is 9.59 Å². The Balaban J connectivity index is 1.87. The van der Waals surface area contributed by atoms with Gasteiger partial charge in [-0.2, -0.15) is 0 Å². The third-order valence-electron chi connectivity index (χ3n) is 4.60. The Labute approximate surface area is 138 Å². The summed E-state index contributed by atoms with van der Waals surface area (Å²) in [6.45, 7) is 7.57. The van der Waals surface area contributed by atoms with E-state index in [0.29, 0.717) is 32.0 Å². The van der Waals surface area contributed by atoms with Crippen LogP contribution in [0.5, 0.6) is 0 Å². The summed E-state index contributed by atoms with van der Waals surface area (Å²) in [5.74, 6) is 0.155. The number of esters is 1. The van der Waals surface area contributed by atoms with Crippen molar-refractivity contribution in [3.63, 3.8) is 0 Å². The quantitative estimate of drug-likeness (QED) is 0.730. The van der Waals surface area contributed by atoms with Crippen LogP contribution in [-0.2, 0) is 19.0 Å². The first-order valence-electron chi connectivity index (χ1n) is 8.42. The Hall–Kier alpha value is -1.30. The molecular weight excluding hydrogens is 298 g/mol. The zero-order valence-electron chi connectivity index (χ0n) is 14.7. The number of methoxy groups -OCH3 is 1. The number of likely N-dealkylation sites (tertiary alicyclic amines) is 1. The molecule has 2 fully saturated rings. The van der Waals surface area contributed by atoms with E-state index in [4.69, 9.17) is 14.2 Å². The van der Waals surface area contributed by atoms with E-state index >= 15 is 0 Å². The molecule has 2 aliphatic heterocycles. The molecule has 0 aromatic heterocycles. The molecule has 2 heterocycles. The van der Waals surface area contributed by atoms with E-state index < -0.39 is 5.60 Å². The van der Waals surface area contributed by atoms with Gasteiger partial charge in [-0.3, -0.25) is 4.79 Å². The molecule has 1 amide bonds. The van der Waals surface area contributed by atoms with Crippen LogP contribution in [0, 0.1) is 5.92 Å². The number of hydrogen-bond acceptors (Lipinski definition) is 5. The lowest BCUT2D eigenvalue weighted by molar-refractivity contribution is -0.148. The van der Waals surface area contributed by atoms with Gasteiger partial charge in [-0.05, 0) is 52.4 Å². The molecule has 6 heteroatoms. The lowest BCUT2D eigenvalue weighted by atomic mass is 9.78. The van der Waals surface area contributed by atoms with Crippen LogP contribution in [0.3, 0.4) is 0 Å². The third-order valence-corrected chi connectivity index (χ3v) is 4.60. The maximum absolute atomic E-state index is 12.1. The smallest absolute Gasteiger partial charge is 0.410 e. The minimum atomic E-state index is -0.473. The molecule has 0 radical (unpaired) electrons. The van der Waals surface area contributed by atoms with Gasteiger partial charge in [0.25, 0.3) is 0 Å². The van der Waals surface area contributed by atoms with E-state index in [1.54, 1.807) is 4.90 Å². The molecule has 23 heavy (non-hydrogen) atoms. The van der Waals surface area contributed by atoms with Gasteiger partial charge in [0.1, 0.15) is 5.60 Å². The summed E-state index contributed by atoms with van der Waals surface area (Å²) in [6, 6.07) is 0. The van der Waals surface area contributed by atoms with Gasteiger partial charge in [0.15, 0.2) is 0 Å². The van der Waals surface area contributed by atoms with Gasteiger partial charge >= 0.3 is 12.1 Å². The van der Waals surface area contributed by atoms with Crippen molar-refractivity contribution in [2.75, 3.05) is 26.8 Å². The molecule has 2 saturated heterocycles. The third kappa shape index (κ3) is 5.09. The summed E-state index contributed by atoms with van der Waals surface area (Å²) < 4.78 is 16.3. The largest absolute Gasteiger partial charge is 0.469 e. The molecule has 0 aromatic carbocycles. The highest BCUT2D eigenvalue weighted by Gasteiger charge is 2.42. The van der Waals surface area contributed by atoms with Gasteiger partial charge in [-0.1, -0.05) is 0 Å². The van der Waals surface area contributed by atoms with Crippen molar-refractivity contribution < 1.29 is 23.8 Å². The predicted molar refractivity (Wildman–Crippen MR) is 85.1 cm³/mol. The standard InChI is InChI=1S/C17H29NO5/c1-16(2,3)23-15(20)18-8-6-17(7-9-18)12-13(5-10-22-17)11-14(19)21-4/h13H,5-12H2,1-4H3/t13-/m0/s1. The minimum absolute atomic E-state index is 0.154. The van der Waals surface area contributed by atoms with Gasteiger partial charge < -0.3 is 19.1 Å². The molecule has 0 unspecified atom stereocenters. The van der Waals surface area contributed by atoms with E-state index in [0.717, 1.165) is 25.7 Å². The van der Waals surface area contributed by atoms with E-state index in [1.807, 2.05) is 20.8 Å². The van der Waals surface area contributed by atoms with Crippen molar-refractivity contribution in [3.8, 4) is 0 Å². The molecular formula is C17H29NO5. The zero-order chi connectivity index (χ0) is 17.1. The van der Waals surface area contributed by atoms with E-state index in [2.05, 4.69) is 0 Å². The van der Waals surface area contributed by atoms with E-state index in [-0.39, 0.29) is 17.7 Å². The summed E-state index contributed by atoms with van der Waals surface area (Å²) in [6.07, 6.45) is 3.55. The lowest BCUT2D eigenvalue weighted by Crippen LogP contribution is -2.51. The minimum Gasteiger partial charge on any atom is -0.469 e. The van der Waals surface area contributed by atoms with Crippen LogP contribution < -0.4 is 0 Å². The highest BCUT2D eigenvalue weighted by molar-refractivity contribution is 5.69. The number of piperidine rings is 1. The molecule has 132 valence electrons. The molecule has 0 N–H and O–H groups in total. The fourth-order valence-corrected chi connectivity index (χ4v) is 3.39. The van der Waals surface area contributed by atoms with Crippen LogP contribution >= 0.6 is 0 Å². The molecule has 2 rings (SSSR count). The SMILES string of the molecule is COC(=O)C[C@@H]1CCOC2(CCN(C(=O)OC(C)(C)C)CC2)C1. The van der Waals surface area contributed by atoms with Crippen LogP contribution in [0.15, 0.2) is 0 Å². The topological polar surface area (TPSA) is 65.1 Å². The molecule has 0 aromatic rings. The summed E-state index contributed by atoms with van der Waals surface area (Å²) in [5.41, 5.74) is -0.672. The first-order chi connectivity index (χ1) is 10.7. The second-order valence-electron chi connectivity index (χ2n) is 7.64. The average molecular weight is 327 g/mol. The highest BCUT2D eigenvalue weighted by Crippen LogP contribution is 2.39. The van der Waals surface area contributed by atoms with Gasteiger partial charge in [-0.25, -0.2) is 4.79 Å². The van der Waals surface area contributed by atoms with Gasteiger partial charge in [0.05, 0.1) is 12.7 Å². The van der Waals surface area contributed by atoms with Crippen molar-refractivity contribution in [1.29, 1.82) is 0 Å². The fraction of sp³-hybridized carbons (Fsp3) is 0.882. The van der Waals surface area contributed by atoms with Crippen molar-refractivity contribution in [1.82, 2.24) is 4.90 Å². The Bertz CT molecular complexity index is 435. The molecule has 0 saturated carbocycles. The van der Waals surface area contributed by atoms with Crippen LogP contribution in [0.2, 0.25) is 0 Å². The molecule has 1 atom stereocenters. The summed E-state index contributed by atoms with van der Waals surface area (Å²) >= 11 is 0. The Morgan fingerprint density at radius 2 is 1.91 bits per heavy atom. The van der Waals surface area contributed by atoms with E-state index in [1.165, 1.54) is 7.11 Å². The Kier molecular flexibility index (Phi) is 5.55. The van der Waals surface area contributed by atoms with Crippen molar-refractivity contribution in [3.05, 3.63) is 0 Å². The lowest BCUT2D eigenvalue weighted by Gasteiger charge is -2.46. The fourth-order valence-electron chi connectivity index (χ4n) is 3.39. The highest BCUT2D eigenvalue weighted by atomic mass is 16.6. The molecule has 0 aliphatic carbocycles. The van der Waals surface area contributed by atoms with Crippen LogP contribution in [-0.4, -0.2) is 55.0 Å². The summed E-state index contributed by atoms with van der Waals surface area (Å²) in [4.78, 5) is 25.4. The maximum atomic E-state index is 12.1. The summed E-state index contributed by atoms with van der Waals surface area (Å²) in [7, 11) is 1.43. The second-order valence-corrected chi connectivity index (χ2v) is 7.64. The van der Waals surface area contributed by atoms with Crippen molar-refractivity contribution >= 4 is 12.1 Å². The predicted octanol–water partition coefficient (Wildman–Crippen LogP) is 2.75. The van der Waals surface area contributed by atoms with Crippen molar-refractivity contribution in [2.45, 2.75) is 64.1 Å².